The standard InChI is InChI=1S/C14H16F3N3O/c1-8(2)7-9-3-5-10(6-4-9)11(18)12-19-13(21-20-12)14(15,16)17/h3-6,8,11H,7,18H2,1-2H3. The Kier molecular flexibility index (Phi) is 4.32. The lowest BCUT2D eigenvalue weighted by molar-refractivity contribution is -0.159. The van der Waals surface area contributed by atoms with Gasteiger partial charge in [-0.25, -0.2) is 0 Å². The van der Waals surface area contributed by atoms with E-state index in [1.807, 2.05) is 12.1 Å². The van der Waals surface area contributed by atoms with E-state index < -0.39 is 18.1 Å². The van der Waals surface area contributed by atoms with Gasteiger partial charge in [-0.15, -0.1) is 0 Å². The first kappa shape index (κ1) is 15.5. The van der Waals surface area contributed by atoms with Crippen LogP contribution in [-0.4, -0.2) is 10.1 Å². The first-order chi connectivity index (χ1) is 9.77. The topological polar surface area (TPSA) is 64.9 Å². The molecule has 0 saturated heterocycles. The lowest BCUT2D eigenvalue weighted by Crippen LogP contribution is -2.14. The number of hydrogen-bond donors (Lipinski definition) is 1. The van der Waals surface area contributed by atoms with Gasteiger partial charge in [0.2, 0.25) is 0 Å². The van der Waals surface area contributed by atoms with Gasteiger partial charge < -0.3 is 10.3 Å². The third kappa shape index (κ3) is 3.81. The summed E-state index contributed by atoms with van der Waals surface area (Å²) in [6, 6.07) is 6.50. The average molecular weight is 299 g/mol. The van der Waals surface area contributed by atoms with Gasteiger partial charge in [-0.05, 0) is 23.5 Å². The van der Waals surface area contributed by atoms with Crippen LogP contribution >= 0.6 is 0 Å². The molecule has 0 aliphatic rings. The van der Waals surface area contributed by atoms with E-state index in [9.17, 15) is 13.2 Å². The minimum atomic E-state index is -4.66. The van der Waals surface area contributed by atoms with E-state index in [1.54, 1.807) is 12.1 Å². The Labute approximate surface area is 120 Å². The zero-order chi connectivity index (χ0) is 15.6. The maximum atomic E-state index is 12.4. The minimum absolute atomic E-state index is 0.182. The van der Waals surface area contributed by atoms with Crippen LogP contribution in [0, 0.1) is 5.92 Å². The first-order valence-electron chi connectivity index (χ1n) is 6.52. The molecule has 0 saturated carbocycles. The summed E-state index contributed by atoms with van der Waals surface area (Å²) in [6.07, 6.45) is -3.73. The third-order valence-electron chi connectivity index (χ3n) is 2.95. The Morgan fingerprint density at radius 1 is 1.19 bits per heavy atom. The zero-order valence-corrected chi connectivity index (χ0v) is 11.7. The number of aromatic nitrogens is 2. The third-order valence-corrected chi connectivity index (χ3v) is 2.95. The van der Waals surface area contributed by atoms with Gasteiger partial charge in [0.05, 0.1) is 6.04 Å². The van der Waals surface area contributed by atoms with Crippen molar-refractivity contribution >= 4 is 0 Å². The van der Waals surface area contributed by atoms with Gasteiger partial charge in [-0.3, -0.25) is 0 Å². The number of alkyl halides is 3. The fourth-order valence-corrected chi connectivity index (χ4v) is 1.96. The molecule has 0 aliphatic carbocycles. The maximum absolute atomic E-state index is 12.4. The van der Waals surface area contributed by atoms with Gasteiger partial charge in [0, 0.05) is 0 Å². The highest BCUT2D eigenvalue weighted by atomic mass is 19.4. The molecular weight excluding hydrogens is 283 g/mol. The predicted molar refractivity (Wildman–Crippen MR) is 70.3 cm³/mol. The normalized spacial score (nSPS) is 13.7. The van der Waals surface area contributed by atoms with E-state index >= 15 is 0 Å². The summed E-state index contributed by atoms with van der Waals surface area (Å²) in [7, 11) is 0. The highest BCUT2D eigenvalue weighted by Gasteiger charge is 2.39. The summed E-state index contributed by atoms with van der Waals surface area (Å²) >= 11 is 0. The van der Waals surface area contributed by atoms with Crippen molar-refractivity contribution in [2.75, 3.05) is 0 Å². The van der Waals surface area contributed by atoms with Crippen LogP contribution < -0.4 is 5.73 Å². The molecule has 0 aliphatic heterocycles. The highest BCUT2D eigenvalue weighted by molar-refractivity contribution is 5.28. The summed E-state index contributed by atoms with van der Waals surface area (Å²) in [4.78, 5) is 3.30. The van der Waals surface area contributed by atoms with Gasteiger partial charge in [0.1, 0.15) is 0 Å². The average Bonchev–Trinajstić information content (AvgIpc) is 2.87. The van der Waals surface area contributed by atoms with Crippen LogP contribution in [0.4, 0.5) is 13.2 Å². The fourth-order valence-electron chi connectivity index (χ4n) is 1.96. The van der Waals surface area contributed by atoms with Crippen molar-refractivity contribution in [2.45, 2.75) is 32.5 Å². The molecule has 1 aromatic heterocycles. The summed E-state index contributed by atoms with van der Waals surface area (Å²) in [5, 5.41) is 3.30. The van der Waals surface area contributed by atoms with Crippen molar-refractivity contribution in [3.8, 4) is 0 Å². The number of halogens is 3. The van der Waals surface area contributed by atoms with E-state index in [0.29, 0.717) is 11.5 Å². The molecule has 1 aromatic carbocycles. The monoisotopic (exact) mass is 299 g/mol. The Bertz CT molecular complexity index is 590. The number of nitrogens with two attached hydrogens (primary N) is 1. The van der Waals surface area contributed by atoms with Crippen LogP contribution in [-0.2, 0) is 12.6 Å². The van der Waals surface area contributed by atoms with E-state index in [2.05, 4.69) is 28.5 Å². The Balaban J connectivity index is 2.16. The minimum Gasteiger partial charge on any atom is -0.329 e. The van der Waals surface area contributed by atoms with Crippen molar-refractivity contribution in [1.82, 2.24) is 10.1 Å². The second-order valence-electron chi connectivity index (χ2n) is 5.27. The number of rotatable bonds is 4. The number of nitrogens with zero attached hydrogens (tertiary/aromatic N) is 2. The summed E-state index contributed by atoms with van der Waals surface area (Å²) in [6.45, 7) is 4.22. The van der Waals surface area contributed by atoms with Crippen LogP contribution in [0.1, 0.15) is 42.7 Å². The van der Waals surface area contributed by atoms with E-state index in [4.69, 9.17) is 5.73 Å². The van der Waals surface area contributed by atoms with Gasteiger partial charge in [0.15, 0.2) is 5.82 Å². The smallest absolute Gasteiger partial charge is 0.329 e. The van der Waals surface area contributed by atoms with Crippen molar-refractivity contribution < 1.29 is 17.7 Å². The van der Waals surface area contributed by atoms with E-state index in [-0.39, 0.29) is 5.82 Å². The molecule has 0 bridgehead atoms. The largest absolute Gasteiger partial charge is 0.471 e. The molecule has 2 aromatic rings. The van der Waals surface area contributed by atoms with E-state index in [0.717, 1.165) is 12.0 Å². The van der Waals surface area contributed by atoms with Crippen LogP contribution in [0.5, 0.6) is 0 Å². The molecule has 1 atom stereocenters. The van der Waals surface area contributed by atoms with Gasteiger partial charge in [0.25, 0.3) is 0 Å². The molecule has 21 heavy (non-hydrogen) atoms. The van der Waals surface area contributed by atoms with Crippen LogP contribution in [0.2, 0.25) is 0 Å². The second-order valence-corrected chi connectivity index (χ2v) is 5.27. The van der Waals surface area contributed by atoms with Gasteiger partial charge in [-0.1, -0.05) is 43.3 Å². The molecule has 1 unspecified atom stereocenters. The Morgan fingerprint density at radius 2 is 1.81 bits per heavy atom. The van der Waals surface area contributed by atoms with Crippen molar-refractivity contribution in [3.63, 3.8) is 0 Å². The molecule has 0 radical (unpaired) electrons. The Hall–Kier alpha value is -1.89. The molecular formula is C14H16F3N3O. The van der Waals surface area contributed by atoms with Crippen LogP contribution in [0.3, 0.4) is 0 Å². The molecule has 1 heterocycles. The molecule has 2 N–H and O–H groups in total. The quantitative estimate of drug-likeness (QED) is 0.940. The SMILES string of the molecule is CC(C)Cc1ccc(C(N)c2noc(C(F)(F)F)n2)cc1. The summed E-state index contributed by atoms with van der Waals surface area (Å²) in [5.74, 6) is -1.04. The Morgan fingerprint density at radius 3 is 2.29 bits per heavy atom. The molecule has 0 amide bonds. The molecule has 2 rings (SSSR count). The zero-order valence-electron chi connectivity index (χ0n) is 11.7. The molecule has 0 spiro atoms. The maximum Gasteiger partial charge on any atom is 0.471 e. The van der Waals surface area contributed by atoms with Gasteiger partial charge in [-0.2, -0.15) is 18.2 Å². The number of benzene rings is 1. The lowest BCUT2D eigenvalue weighted by Gasteiger charge is -2.09. The predicted octanol–water partition coefficient (Wildman–Crippen LogP) is 3.34. The fraction of sp³-hybridized carbons (Fsp3) is 0.429. The molecule has 4 nitrogen and oxygen atoms in total. The van der Waals surface area contributed by atoms with Crippen molar-refractivity contribution in [2.24, 2.45) is 11.7 Å². The van der Waals surface area contributed by atoms with Crippen molar-refractivity contribution in [1.29, 1.82) is 0 Å². The highest BCUT2D eigenvalue weighted by Crippen LogP contribution is 2.29. The van der Waals surface area contributed by atoms with E-state index in [1.165, 1.54) is 0 Å². The molecule has 114 valence electrons. The molecule has 7 heteroatoms. The number of hydrogen-bond acceptors (Lipinski definition) is 4. The second kappa shape index (κ2) is 5.85. The van der Waals surface area contributed by atoms with Gasteiger partial charge >= 0.3 is 12.1 Å². The molecule has 0 fully saturated rings. The van der Waals surface area contributed by atoms with Crippen LogP contribution in [0.15, 0.2) is 28.8 Å². The summed E-state index contributed by atoms with van der Waals surface area (Å²) in [5.41, 5.74) is 7.65. The first-order valence-corrected chi connectivity index (χ1v) is 6.52. The van der Waals surface area contributed by atoms with Crippen molar-refractivity contribution in [3.05, 3.63) is 47.1 Å². The summed E-state index contributed by atoms with van der Waals surface area (Å²) < 4.78 is 41.4. The van der Waals surface area contributed by atoms with Crippen LogP contribution in [0.25, 0.3) is 0 Å². The lowest BCUT2D eigenvalue weighted by atomic mass is 9.99.